The van der Waals surface area contributed by atoms with Crippen molar-refractivity contribution in [3.8, 4) is 0 Å². The summed E-state index contributed by atoms with van der Waals surface area (Å²) in [5.41, 5.74) is 5.87. The van der Waals surface area contributed by atoms with Gasteiger partial charge in [0.2, 0.25) is 0 Å². The Balaban J connectivity index is 4.20. The van der Waals surface area contributed by atoms with Crippen molar-refractivity contribution < 1.29 is 4.74 Å². The molecule has 0 aromatic carbocycles. The molecule has 0 heterocycles. The van der Waals surface area contributed by atoms with Gasteiger partial charge in [-0.05, 0) is 45.1 Å². The van der Waals surface area contributed by atoms with Crippen LogP contribution in [0.15, 0.2) is 0 Å². The summed E-state index contributed by atoms with van der Waals surface area (Å²) < 4.78 is 5.75. The van der Waals surface area contributed by atoms with Crippen LogP contribution in [0.3, 0.4) is 0 Å². The lowest BCUT2D eigenvalue weighted by Gasteiger charge is -2.44. The highest BCUT2D eigenvalue weighted by molar-refractivity contribution is 4.90. The molecule has 0 fully saturated rings. The van der Waals surface area contributed by atoms with Gasteiger partial charge < -0.3 is 10.5 Å². The summed E-state index contributed by atoms with van der Waals surface area (Å²) in [6.07, 6.45) is 11.7. The van der Waals surface area contributed by atoms with Crippen LogP contribution in [0.25, 0.3) is 0 Å². The Morgan fingerprint density at radius 3 is 1.89 bits per heavy atom. The SMILES string of the molecule is CCCCCCCCC(C)(CCCN)C(C)(C)OC. The molecule has 19 heavy (non-hydrogen) atoms. The number of methoxy groups -OCH3 is 1. The van der Waals surface area contributed by atoms with E-state index in [9.17, 15) is 0 Å². The highest BCUT2D eigenvalue weighted by Crippen LogP contribution is 2.42. The van der Waals surface area contributed by atoms with Crippen LogP contribution in [0.2, 0.25) is 0 Å². The van der Waals surface area contributed by atoms with Gasteiger partial charge in [-0.25, -0.2) is 0 Å². The minimum absolute atomic E-state index is 0.0639. The Kier molecular flexibility index (Phi) is 9.72. The van der Waals surface area contributed by atoms with Gasteiger partial charge in [0.1, 0.15) is 0 Å². The van der Waals surface area contributed by atoms with Crippen LogP contribution in [-0.2, 0) is 4.74 Å². The summed E-state index contributed by atoms with van der Waals surface area (Å²) in [6.45, 7) is 9.87. The molecular weight excluding hydrogens is 234 g/mol. The van der Waals surface area contributed by atoms with Crippen molar-refractivity contribution in [3.05, 3.63) is 0 Å². The van der Waals surface area contributed by atoms with Crippen LogP contribution >= 0.6 is 0 Å². The molecule has 0 rings (SSSR count). The van der Waals surface area contributed by atoms with Crippen molar-refractivity contribution in [2.24, 2.45) is 11.1 Å². The van der Waals surface area contributed by atoms with Crippen molar-refractivity contribution in [3.63, 3.8) is 0 Å². The van der Waals surface area contributed by atoms with Crippen molar-refractivity contribution in [1.82, 2.24) is 0 Å². The summed E-state index contributed by atoms with van der Waals surface area (Å²) in [7, 11) is 1.84. The first-order chi connectivity index (χ1) is 8.93. The highest BCUT2D eigenvalue weighted by Gasteiger charge is 2.39. The molecular formula is C17H37NO. The van der Waals surface area contributed by atoms with Gasteiger partial charge in [-0.15, -0.1) is 0 Å². The molecule has 2 heteroatoms. The Bertz CT molecular complexity index is 215. The fourth-order valence-electron chi connectivity index (χ4n) is 2.76. The van der Waals surface area contributed by atoms with E-state index < -0.39 is 0 Å². The van der Waals surface area contributed by atoms with Gasteiger partial charge in [0, 0.05) is 7.11 Å². The molecule has 0 bridgehead atoms. The number of hydrogen-bond acceptors (Lipinski definition) is 2. The van der Waals surface area contributed by atoms with Crippen molar-refractivity contribution in [2.75, 3.05) is 13.7 Å². The molecule has 0 aliphatic heterocycles. The monoisotopic (exact) mass is 271 g/mol. The molecule has 1 unspecified atom stereocenters. The fraction of sp³-hybridized carbons (Fsp3) is 1.00. The average molecular weight is 271 g/mol. The van der Waals surface area contributed by atoms with Crippen molar-refractivity contribution in [1.29, 1.82) is 0 Å². The molecule has 0 saturated heterocycles. The van der Waals surface area contributed by atoms with E-state index in [0.29, 0.717) is 0 Å². The molecule has 0 aromatic rings. The summed E-state index contributed by atoms with van der Waals surface area (Å²) in [5.74, 6) is 0. The van der Waals surface area contributed by atoms with E-state index >= 15 is 0 Å². The quantitative estimate of drug-likeness (QED) is 0.512. The lowest BCUT2D eigenvalue weighted by molar-refractivity contribution is -0.0888. The Morgan fingerprint density at radius 1 is 0.842 bits per heavy atom. The molecule has 0 amide bonds. The van der Waals surface area contributed by atoms with Gasteiger partial charge in [0.15, 0.2) is 0 Å². The first-order valence-electron chi connectivity index (χ1n) is 8.18. The minimum atomic E-state index is -0.0639. The van der Waals surface area contributed by atoms with Gasteiger partial charge in [-0.2, -0.15) is 0 Å². The zero-order valence-electron chi connectivity index (χ0n) is 14.1. The second-order valence-electron chi connectivity index (χ2n) is 6.69. The Labute approximate surface area is 121 Å². The maximum atomic E-state index is 5.75. The van der Waals surface area contributed by atoms with Gasteiger partial charge in [-0.3, -0.25) is 0 Å². The molecule has 0 aliphatic rings. The third-order valence-electron chi connectivity index (χ3n) is 4.98. The molecule has 0 saturated carbocycles. The molecule has 1 atom stereocenters. The normalized spacial score (nSPS) is 15.5. The van der Waals surface area contributed by atoms with E-state index in [1.54, 1.807) is 0 Å². The van der Waals surface area contributed by atoms with E-state index in [-0.39, 0.29) is 11.0 Å². The molecule has 0 radical (unpaired) electrons. The third-order valence-corrected chi connectivity index (χ3v) is 4.98. The first-order valence-corrected chi connectivity index (χ1v) is 8.18. The molecule has 2 N–H and O–H groups in total. The van der Waals surface area contributed by atoms with Crippen LogP contribution in [0, 0.1) is 5.41 Å². The zero-order valence-corrected chi connectivity index (χ0v) is 14.1. The van der Waals surface area contributed by atoms with Crippen LogP contribution in [-0.4, -0.2) is 19.3 Å². The second-order valence-corrected chi connectivity index (χ2v) is 6.69. The third kappa shape index (κ3) is 6.76. The average Bonchev–Trinajstić information content (AvgIpc) is 2.40. The fourth-order valence-corrected chi connectivity index (χ4v) is 2.76. The van der Waals surface area contributed by atoms with Crippen LogP contribution in [0.4, 0.5) is 0 Å². The lowest BCUT2D eigenvalue weighted by Crippen LogP contribution is -2.43. The van der Waals surface area contributed by atoms with E-state index in [0.717, 1.165) is 13.0 Å². The van der Waals surface area contributed by atoms with E-state index in [2.05, 4.69) is 27.7 Å². The van der Waals surface area contributed by atoms with E-state index in [1.807, 2.05) is 7.11 Å². The molecule has 116 valence electrons. The Morgan fingerprint density at radius 2 is 1.37 bits per heavy atom. The van der Waals surface area contributed by atoms with Gasteiger partial charge in [0.25, 0.3) is 0 Å². The smallest absolute Gasteiger partial charge is 0.0676 e. The number of ether oxygens (including phenoxy) is 1. The van der Waals surface area contributed by atoms with Crippen LogP contribution in [0.5, 0.6) is 0 Å². The van der Waals surface area contributed by atoms with Crippen LogP contribution in [0.1, 0.15) is 85.5 Å². The van der Waals surface area contributed by atoms with Gasteiger partial charge >= 0.3 is 0 Å². The summed E-state index contributed by atoms with van der Waals surface area (Å²) in [4.78, 5) is 0. The highest BCUT2D eigenvalue weighted by atomic mass is 16.5. The summed E-state index contributed by atoms with van der Waals surface area (Å²) >= 11 is 0. The Hall–Kier alpha value is -0.0800. The summed E-state index contributed by atoms with van der Waals surface area (Å²) in [6, 6.07) is 0. The molecule has 0 spiro atoms. The van der Waals surface area contributed by atoms with Crippen LogP contribution < -0.4 is 5.73 Å². The van der Waals surface area contributed by atoms with E-state index in [1.165, 1.54) is 51.4 Å². The van der Waals surface area contributed by atoms with Crippen molar-refractivity contribution >= 4 is 0 Å². The number of hydrogen-bond donors (Lipinski definition) is 1. The zero-order chi connectivity index (χ0) is 14.8. The standard InChI is InChI=1S/C17H37NO/c1-6-7-8-9-10-11-13-17(4,14-12-15-18)16(2,3)19-5/h6-15,18H2,1-5H3. The van der Waals surface area contributed by atoms with Gasteiger partial charge in [0.05, 0.1) is 5.60 Å². The topological polar surface area (TPSA) is 35.2 Å². The number of nitrogens with two attached hydrogens (primary N) is 1. The molecule has 2 nitrogen and oxygen atoms in total. The van der Waals surface area contributed by atoms with Crippen molar-refractivity contribution in [2.45, 2.75) is 91.1 Å². The minimum Gasteiger partial charge on any atom is -0.378 e. The number of unbranched alkanes of at least 4 members (excludes halogenated alkanes) is 5. The summed E-state index contributed by atoms with van der Waals surface area (Å²) in [5, 5.41) is 0. The van der Waals surface area contributed by atoms with E-state index in [4.69, 9.17) is 10.5 Å². The molecule has 0 aromatic heterocycles. The lowest BCUT2D eigenvalue weighted by atomic mass is 9.68. The predicted octanol–water partition coefficient (Wildman–Crippen LogP) is 4.91. The second kappa shape index (κ2) is 9.77. The predicted molar refractivity (Wildman–Crippen MR) is 85.5 cm³/mol. The first kappa shape index (κ1) is 18.9. The van der Waals surface area contributed by atoms with Gasteiger partial charge in [-0.1, -0.05) is 52.4 Å². The number of rotatable bonds is 12. The maximum absolute atomic E-state index is 5.75. The largest absolute Gasteiger partial charge is 0.378 e. The molecule has 0 aliphatic carbocycles. The maximum Gasteiger partial charge on any atom is 0.0676 e.